The van der Waals surface area contributed by atoms with Gasteiger partial charge in [0.2, 0.25) is 16.0 Å². The van der Waals surface area contributed by atoms with Crippen molar-refractivity contribution in [3.63, 3.8) is 0 Å². The second kappa shape index (κ2) is 12.5. The lowest BCUT2D eigenvalue weighted by molar-refractivity contribution is 0.313. The molecule has 3 aromatic carbocycles. The number of piperazine rings is 1. The van der Waals surface area contributed by atoms with Gasteiger partial charge in [0.1, 0.15) is 5.82 Å². The molecule has 43 heavy (non-hydrogen) atoms. The number of aryl methyl sites for hydroxylation is 1. The summed E-state index contributed by atoms with van der Waals surface area (Å²) in [5.41, 5.74) is 4.15. The number of nitrogens with one attached hydrogen (secondary N) is 3. The zero-order valence-corrected chi connectivity index (χ0v) is 26.7. The van der Waals surface area contributed by atoms with Crippen LogP contribution in [0.3, 0.4) is 0 Å². The minimum absolute atomic E-state index is 0.118. The fourth-order valence-corrected chi connectivity index (χ4v) is 6.59. The van der Waals surface area contributed by atoms with Crippen LogP contribution in [0.5, 0.6) is 0 Å². The van der Waals surface area contributed by atoms with Crippen molar-refractivity contribution in [2.45, 2.75) is 38.1 Å². The molecular formula is C32H38ClN7O2S. The fraction of sp³-hybridized carbons (Fsp3) is 0.312. The summed E-state index contributed by atoms with van der Waals surface area (Å²) in [7, 11) is -1.69. The molecule has 1 aliphatic rings. The molecule has 1 fully saturated rings. The summed E-state index contributed by atoms with van der Waals surface area (Å²) >= 11 is 6.51. The van der Waals surface area contributed by atoms with Crippen molar-refractivity contribution in [3.05, 3.63) is 83.5 Å². The number of likely N-dealkylation sites (N-methyl/N-ethyl adjacent to an activating group) is 1. The van der Waals surface area contributed by atoms with E-state index in [1.807, 2.05) is 43.3 Å². The Morgan fingerprint density at radius 3 is 2.26 bits per heavy atom. The Labute approximate surface area is 259 Å². The Balaban J connectivity index is 1.42. The minimum atomic E-state index is -3.83. The third-order valence-electron chi connectivity index (χ3n) is 7.07. The Morgan fingerprint density at radius 1 is 0.884 bits per heavy atom. The van der Waals surface area contributed by atoms with Gasteiger partial charge in [0.25, 0.3) is 0 Å². The van der Waals surface area contributed by atoms with Crippen molar-refractivity contribution in [2.75, 3.05) is 48.8 Å². The highest BCUT2D eigenvalue weighted by molar-refractivity contribution is 7.89. The average Bonchev–Trinajstić information content (AvgIpc) is 2.95. The van der Waals surface area contributed by atoms with Gasteiger partial charge in [0, 0.05) is 71.1 Å². The van der Waals surface area contributed by atoms with Crippen molar-refractivity contribution < 1.29 is 8.42 Å². The molecule has 226 valence electrons. The normalized spacial score (nSPS) is 14.5. The topological polar surface area (TPSA) is 102 Å². The van der Waals surface area contributed by atoms with E-state index in [4.69, 9.17) is 16.6 Å². The first-order valence-corrected chi connectivity index (χ1v) is 16.1. The van der Waals surface area contributed by atoms with Crippen molar-refractivity contribution in [3.8, 4) is 11.1 Å². The van der Waals surface area contributed by atoms with Crippen LogP contribution >= 0.6 is 11.6 Å². The van der Waals surface area contributed by atoms with Gasteiger partial charge in [-0.25, -0.2) is 18.1 Å². The molecule has 0 spiro atoms. The third-order valence-corrected chi connectivity index (χ3v) is 9.14. The van der Waals surface area contributed by atoms with Gasteiger partial charge >= 0.3 is 0 Å². The predicted octanol–water partition coefficient (Wildman–Crippen LogP) is 6.42. The zero-order chi connectivity index (χ0) is 30.8. The van der Waals surface area contributed by atoms with Gasteiger partial charge in [0.15, 0.2) is 0 Å². The van der Waals surface area contributed by atoms with Crippen LogP contribution in [-0.2, 0) is 10.0 Å². The highest BCUT2D eigenvalue weighted by Crippen LogP contribution is 2.33. The van der Waals surface area contributed by atoms with Gasteiger partial charge in [-0.05, 0) is 88.8 Å². The Kier molecular flexibility index (Phi) is 8.94. The first-order valence-electron chi connectivity index (χ1n) is 14.2. The van der Waals surface area contributed by atoms with E-state index in [1.54, 1.807) is 45.2 Å². The number of sulfonamides is 1. The van der Waals surface area contributed by atoms with Gasteiger partial charge < -0.3 is 20.4 Å². The van der Waals surface area contributed by atoms with Crippen molar-refractivity contribution in [1.29, 1.82) is 0 Å². The highest BCUT2D eigenvalue weighted by Gasteiger charge is 2.24. The number of anilines is 5. The molecule has 0 saturated carbocycles. The summed E-state index contributed by atoms with van der Waals surface area (Å²) in [5.74, 6) is 0.972. The van der Waals surface area contributed by atoms with E-state index in [0.29, 0.717) is 28.0 Å². The van der Waals surface area contributed by atoms with E-state index >= 15 is 0 Å². The fourth-order valence-electron chi connectivity index (χ4n) is 4.85. The number of rotatable bonds is 8. The molecule has 5 rings (SSSR count). The molecule has 0 atom stereocenters. The zero-order valence-electron chi connectivity index (χ0n) is 25.1. The van der Waals surface area contributed by atoms with Crippen LogP contribution in [0.2, 0.25) is 5.02 Å². The van der Waals surface area contributed by atoms with Crippen LogP contribution < -0.4 is 20.3 Å². The van der Waals surface area contributed by atoms with E-state index in [2.05, 4.69) is 49.3 Å². The third kappa shape index (κ3) is 7.83. The minimum Gasteiger partial charge on any atom is -0.369 e. The maximum Gasteiger partial charge on any atom is 0.241 e. The van der Waals surface area contributed by atoms with Crippen LogP contribution in [0.1, 0.15) is 26.3 Å². The van der Waals surface area contributed by atoms with Gasteiger partial charge in [-0.3, -0.25) is 0 Å². The van der Waals surface area contributed by atoms with E-state index in [0.717, 1.165) is 43.0 Å². The number of halogens is 1. The summed E-state index contributed by atoms with van der Waals surface area (Å²) < 4.78 is 29.5. The summed E-state index contributed by atoms with van der Waals surface area (Å²) in [6.07, 6.45) is 1.73. The van der Waals surface area contributed by atoms with Crippen molar-refractivity contribution in [1.82, 2.24) is 19.6 Å². The molecule has 1 aromatic heterocycles. The van der Waals surface area contributed by atoms with Crippen LogP contribution in [0.15, 0.2) is 77.8 Å². The summed E-state index contributed by atoms with van der Waals surface area (Å²) in [6.45, 7) is 11.4. The van der Waals surface area contributed by atoms with E-state index in [-0.39, 0.29) is 4.90 Å². The molecule has 0 aliphatic carbocycles. The number of hydrogen-bond donors (Lipinski definition) is 3. The highest BCUT2D eigenvalue weighted by atomic mass is 35.5. The standard InChI is InChI=1S/C32H38ClN7O2S/c1-22-21-34-31(36-24-10-12-26(13-11-24)40-16-14-39(5)15-17-40)37-30(22)35-25-18-23(28-8-6-7-9-29(28)33)19-27(20-25)43(41,42)38-32(2,3)4/h6-13,18-21,38H,14-17H2,1-5H3,(H2,34,35,36,37). The number of hydrogen-bond acceptors (Lipinski definition) is 8. The molecule has 0 radical (unpaired) electrons. The summed E-state index contributed by atoms with van der Waals surface area (Å²) in [6, 6.07) is 20.7. The van der Waals surface area contributed by atoms with Crippen LogP contribution in [0.25, 0.3) is 11.1 Å². The number of nitrogens with zero attached hydrogens (tertiary/aromatic N) is 4. The second-order valence-corrected chi connectivity index (χ2v) is 14.0. The lowest BCUT2D eigenvalue weighted by Crippen LogP contribution is -2.44. The molecular weight excluding hydrogens is 582 g/mol. The van der Waals surface area contributed by atoms with Gasteiger partial charge in [-0.2, -0.15) is 4.98 Å². The lowest BCUT2D eigenvalue weighted by Gasteiger charge is -2.34. The molecule has 11 heteroatoms. The van der Waals surface area contributed by atoms with Gasteiger partial charge in [-0.15, -0.1) is 0 Å². The molecule has 0 bridgehead atoms. The number of benzene rings is 3. The summed E-state index contributed by atoms with van der Waals surface area (Å²) in [4.78, 5) is 14.0. The molecule has 9 nitrogen and oxygen atoms in total. The first-order chi connectivity index (χ1) is 20.4. The molecule has 2 heterocycles. The van der Waals surface area contributed by atoms with Crippen molar-refractivity contribution in [2.24, 2.45) is 0 Å². The van der Waals surface area contributed by atoms with Crippen LogP contribution in [0, 0.1) is 6.92 Å². The molecule has 4 aromatic rings. The maximum absolute atomic E-state index is 13.4. The van der Waals surface area contributed by atoms with Gasteiger partial charge in [-0.1, -0.05) is 29.8 Å². The van der Waals surface area contributed by atoms with E-state index in [9.17, 15) is 8.42 Å². The Morgan fingerprint density at radius 2 is 1.58 bits per heavy atom. The van der Waals surface area contributed by atoms with E-state index < -0.39 is 15.6 Å². The molecule has 1 saturated heterocycles. The van der Waals surface area contributed by atoms with E-state index in [1.165, 1.54) is 5.69 Å². The number of aromatic nitrogens is 2. The van der Waals surface area contributed by atoms with Crippen molar-refractivity contribution >= 4 is 50.5 Å². The average molecular weight is 620 g/mol. The van der Waals surface area contributed by atoms with Crippen LogP contribution in [-0.4, -0.2) is 62.1 Å². The molecule has 0 amide bonds. The predicted molar refractivity (Wildman–Crippen MR) is 176 cm³/mol. The Hall–Kier alpha value is -3.70. The second-order valence-electron chi connectivity index (χ2n) is 11.9. The quantitative estimate of drug-likeness (QED) is 0.208. The summed E-state index contributed by atoms with van der Waals surface area (Å²) in [5, 5.41) is 7.13. The smallest absolute Gasteiger partial charge is 0.241 e. The monoisotopic (exact) mass is 619 g/mol. The molecule has 1 aliphatic heterocycles. The first kappa shape index (κ1) is 30.7. The lowest BCUT2D eigenvalue weighted by atomic mass is 10.0. The van der Waals surface area contributed by atoms with Gasteiger partial charge in [0.05, 0.1) is 4.90 Å². The molecule has 3 N–H and O–H groups in total. The SMILES string of the molecule is Cc1cnc(Nc2ccc(N3CCN(C)CC3)cc2)nc1Nc1cc(-c2ccccc2Cl)cc(S(=O)(=O)NC(C)(C)C)c1. The largest absolute Gasteiger partial charge is 0.369 e. The Bertz CT molecular complexity index is 1700. The maximum atomic E-state index is 13.4. The molecule has 0 unspecified atom stereocenters. The van der Waals surface area contributed by atoms with Crippen LogP contribution in [0.4, 0.5) is 28.8 Å².